The fourth-order valence-corrected chi connectivity index (χ4v) is 2.36. The standard InChI is InChI=1S/C13H9F3N4O5/c1-2-5-17-7-9(13(14,15)16)12(21)18(17)10-4-3-8(19(22)23)6-11(10)20(24)25/h1,3-4,6,9H,5,7H2. The molecule has 0 aliphatic carbocycles. The number of anilines is 1. The summed E-state index contributed by atoms with van der Waals surface area (Å²) in [4.78, 5) is 32.2. The van der Waals surface area contributed by atoms with Crippen molar-refractivity contribution in [3.8, 4) is 12.3 Å². The topological polar surface area (TPSA) is 110 Å². The lowest BCUT2D eigenvalue weighted by atomic mass is 10.1. The summed E-state index contributed by atoms with van der Waals surface area (Å²) in [5.41, 5.74) is -2.05. The van der Waals surface area contributed by atoms with E-state index in [9.17, 15) is 38.2 Å². The molecule has 0 spiro atoms. The largest absolute Gasteiger partial charge is 0.401 e. The van der Waals surface area contributed by atoms with Gasteiger partial charge in [-0.15, -0.1) is 6.42 Å². The number of benzene rings is 1. The van der Waals surface area contributed by atoms with Gasteiger partial charge in [0.05, 0.1) is 22.5 Å². The molecule has 0 saturated carbocycles. The van der Waals surface area contributed by atoms with Gasteiger partial charge in [0.25, 0.3) is 11.6 Å². The Kier molecular flexibility index (Phi) is 4.62. The minimum atomic E-state index is -4.87. The maximum absolute atomic E-state index is 13.0. The molecule has 1 aromatic rings. The molecule has 1 atom stereocenters. The van der Waals surface area contributed by atoms with Crippen molar-refractivity contribution in [1.82, 2.24) is 5.01 Å². The Morgan fingerprint density at radius 1 is 1.28 bits per heavy atom. The quantitative estimate of drug-likeness (QED) is 0.462. The minimum absolute atomic E-state index is 0.410. The lowest BCUT2D eigenvalue weighted by Crippen LogP contribution is -2.40. The highest BCUT2D eigenvalue weighted by Crippen LogP contribution is 2.40. The van der Waals surface area contributed by atoms with Gasteiger partial charge < -0.3 is 0 Å². The Labute approximate surface area is 137 Å². The van der Waals surface area contributed by atoms with Crippen molar-refractivity contribution in [3.63, 3.8) is 0 Å². The Balaban J connectivity index is 2.57. The number of alkyl halides is 3. The highest BCUT2D eigenvalue weighted by molar-refractivity contribution is 5.99. The van der Waals surface area contributed by atoms with Crippen LogP contribution in [-0.4, -0.2) is 40.0 Å². The molecule has 25 heavy (non-hydrogen) atoms. The number of non-ortho nitro benzene ring substituents is 1. The van der Waals surface area contributed by atoms with Crippen LogP contribution in [0.5, 0.6) is 0 Å². The maximum atomic E-state index is 13.0. The molecule has 0 aromatic heterocycles. The van der Waals surface area contributed by atoms with Crippen LogP contribution in [0.2, 0.25) is 0 Å². The van der Waals surface area contributed by atoms with Crippen molar-refractivity contribution in [2.75, 3.05) is 18.1 Å². The molecule has 1 aromatic carbocycles. The molecule has 0 radical (unpaired) electrons. The van der Waals surface area contributed by atoms with E-state index in [-0.39, 0.29) is 0 Å². The number of hydrogen-bond acceptors (Lipinski definition) is 6. The Morgan fingerprint density at radius 3 is 2.40 bits per heavy atom. The zero-order valence-corrected chi connectivity index (χ0v) is 12.3. The Bertz CT molecular complexity index is 789. The molecule has 1 saturated heterocycles. The third-order valence-electron chi connectivity index (χ3n) is 3.45. The fourth-order valence-electron chi connectivity index (χ4n) is 2.36. The van der Waals surface area contributed by atoms with Crippen LogP contribution >= 0.6 is 0 Å². The van der Waals surface area contributed by atoms with E-state index < -0.39 is 58.0 Å². The number of amides is 1. The third kappa shape index (κ3) is 3.36. The van der Waals surface area contributed by atoms with Gasteiger partial charge in [0.1, 0.15) is 11.6 Å². The minimum Gasteiger partial charge on any atom is -0.272 e. The summed E-state index contributed by atoms with van der Waals surface area (Å²) in [5.74, 6) is -1.78. The van der Waals surface area contributed by atoms with Crippen LogP contribution in [0, 0.1) is 38.5 Å². The zero-order valence-electron chi connectivity index (χ0n) is 12.3. The van der Waals surface area contributed by atoms with Crippen molar-refractivity contribution < 1.29 is 27.8 Å². The van der Waals surface area contributed by atoms with Crippen LogP contribution in [0.25, 0.3) is 0 Å². The van der Waals surface area contributed by atoms with Crippen molar-refractivity contribution in [3.05, 3.63) is 38.4 Å². The normalized spacial score (nSPS) is 18.2. The first-order chi connectivity index (χ1) is 11.6. The molecular weight excluding hydrogens is 349 g/mol. The van der Waals surface area contributed by atoms with E-state index in [4.69, 9.17) is 6.42 Å². The van der Waals surface area contributed by atoms with Gasteiger partial charge in [0, 0.05) is 12.6 Å². The molecule has 1 aliphatic heterocycles. The van der Waals surface area contributed by atoms with Crippen LogP contribution in [0.4, 0.5) is 30.2 Å². The second-order valence-corrected chi connectivity index (χ2v) is 4.98. The van der Waals surface area contributed by atoms with Gasteiger partial charge in [-0.3, -0.25) is 25.0 Å². The summed E-state index contributed by atoms with van der Waals surface area (Å²) in [6, 6.07) is 2.26. The molecule has 1 fully saturated rings. The summed E-state index contributed by atoms with van der Waals surface area (Å²) in [6.07, 6.45) is 0.209. The number of hydrazine groups is 1. The average molecular weight is 358 g/mol. The zero-order chi connectivity index (χ0) is 18.9. The van der Waals surface area contributed by atoms with Crippen LogP contribution in [0.15, 0.2) is 18.2 Å². The predicted molar refractivity (Wildman–Crippen MR) is 77.2 cm³/mol. The molecule has 1 amide bonds. The second kappa shape index (κ2) is 6.36. The van der Waals surface area contributed by atoms with Gasteiger partial charge >= 0.3 is 11.9 Å². The number of nitro groups is 2. The van der Waals surface area contributed by atoms with Gasteiger partial charge in [-0.2, -0.15) is 13.2 Å². The Hall–Kier alpha value is -3.20. The molecule has 132 valence electrons. The van der Waals surface area contributed by atoms with Crippen LogP contribution in [0.3, 0.4) is 0 Å². The summed E-state index contributed by atoms with van der Waals surface area (Å²) in [5, 5.41) is 23.2. The number of terminal acetylenes is 1. The van der Waals surface area contributed by atoms with E-state index in [0.29, 0.717) is 11.1 Å². The lowest BCUT2D eigenvalue weighted by molar-refractivity contribution is -0.393. The van der Waals surface area contributed by atoms with E-state index in [1.807, 2.05) is 0 Å². The summed E-state index contributed by atoms with van der Waals surface area (Å²) in [7, 11) is 0. The highest BCUT2D eigenvalue weighted by atomic mass is 19.4. The highest BCUT2D eigenvalue weighted by Gasteiger charge is 2.54. The summed E-state index contributed by atoms with van der Waals surface area (Å²) in [6.45, 7) is -1.22. The van der Waals surface area contributed by atoms with Crippen molar-refractivity contribution >= 4 is 23.0 Å². The lowest BCUT2D eigenvalue weighted by Gasteiger charge is -2.25. The SMILES string of the molecule is C#CCN1CC(C(F)(F)F)C(=O)N1c1ccc([N+](=O)[O-])cc1[N+](=O)[O-]. The van der Waals surface area contributed by atoms with Crippen molar-refractivity contribution in [1.29, 1.82) is 0 Å². The van der Waals surface area contributed by atoms with E-state index >= 15 is 0 Å². The molecule has 12 heteroatoms. The van der Waals surface area contributed by atoms with Crippen LogP contribution in [-0.2, 0) is 4.79 Å². The molecule has 0 N–H and O–H groups in total. The second-order valence-electron chi connectivity index (χ2n) is 4.98. The number of hydrogen-bond donors (Lipinski definition) is 0. The first-order valence-electron chi connectivity index (χ1n) is 6.59. The molecule has 1 heterocycles. The van der Waals surface area contributed by atoms with Gasteiger partial charge in [0.15, 0.2) is 0 Å². The average Bonchev–Trinajstić information content (AvgIpc) is 2.83. The number of carbonyl (C=O) groups is 1. The first-order valence-corrected chi connectivity index (χ1v) is 6.59. The van der Waals surface area contributed by atoms with E-state index in [1.165, 1.54) is 0 Å². The molecule has 1 unspecified atom stereocenters. The molecular formula is C13H9F3N4O5. The summed E-state index contributed by atoms with van der Waals surface area (Å²) >= 11 is 0. The van der Waals surface area contributed by atoms with Gasteiger partial charge in [0.2, 0.25) is 0 Å². The Morgan fingerprint density at radius 2 is 1.92 bits per heavy atom. The number of rotatable bonds is 4. The van der Waals surface area contributed by atoms with Crippen molar-refractivity contribution in [2.45, 2.75) is 6.18 Å². The molecule has 9 nitrogen and oxygen atoms in total. The molecule has 2 rings (SSSR count). The molecule has 0 bridgehead atoms. The van der Waals surface area contributed by atoms with E-state index in [1.54, 1.807) is 0 Å². The smallest absolute Gasteiger partial charge is 0.272 e. The predicted octanol–water partition coefficient (Wildman–Crippen LogP) is 1.88. The van der Waals surface area contributed by atoms with Crippen LogP contribution in [0.1, 0.15) is 0 Å². The van der Waals surface area contributed by atoms with Crippen LogP contribution < -0.4 is 5.01 Å². The molecule has 1 aliphatic rings. The monoisotopic (exact) mass is 358 g/mol. The van der Waals surface area contributed by atoms with Gasteiger partial charge in [-0.25, -0.2) is 10.0 Å². The summed E-state index contributed by atoms with van der Waals surface area (Å²) < 4.78 is 39.0. The van der Waals surface area contributed by atoms with Gasteiger partial charge in [-0.05, 0) is 6.07 Å². The number of halogens is 3. The number of carbonyl (C=O) groups excluding carboxylic acids is 1. The third-order valence-corrected chi connectivity index (χ3v) is 3.45. The van der Waals surface area contributed by atoms with E-state index in [2.05, 4.69) is 5.92 Å². The number of nitrogens with zero attached hydrogens (tertiary/aromatic N) is 4. The fraction of sp³-hybridized carbons (Fsp3) is 0.308. The van der Waals surface area contributed by atoms with Crippen molar-refractivity contribution in [2.24, 2.45) is 5.92 Å². The van der Waals surface area contributed by atoms with E-state index in [0.717, 1.165) is 17.1 Å². The maximum Gasteiger partial charge on any atom is 0.401 e. The number of nitro benzene ring substituents is 2. The van der Waals surface area contributed by atoms with Gasteiger partial charge in [-0.1, -0.05) is 5.92 Å². The first kappa shape index (κ1) is 18.1.